The van der Waals surface area contributed by atoms with Gasteiger partial charge in [0, 0.05) is 37.4 Å². The van der Waals surface area contributed by atoms with Crippen molar-refractivity contribution < 1.29 is 136 Å². The predicted octanol–water partition coefficient (Wildman–Crippen LogP) is -7.24. The molecule has 6 rings (SSSR count). The number of phenolic OH excluding ortho intramolecular Hbond substituents is 1. The van der Waals surface area contributed by atoms with Gasteiger partial charge in [0.25, 0.3) is 16.3 Å². The number of amides is 8. The summed E-state index contributed by atoms with van der Waals surface area (Å²) in [7, 11) is -5.60. The number of primary amides is 1. The Bertz CT molecular complexity index is 3050. The fraction of sp³-hybridized carbons (Fsp3) is 0.556. The van der Waals surface area contributed by atoms with Crippen molar-refractivity contribution in [1.29, 1.82) is 0 Å². The zero-order valence-electron chi connectivity index (χ0n) is 47.6. The first-order valence-corrected chi connectivity index (χ1v) is 28.8. The molecule has 30 nitrogen and oxygen atoms in total. The summed E-state index contributed by atoms with van der Waals surface area (Å²) in [4.78, 5) is 114. The van der Waals surface area contributed by atoms with Crippen LogP contribution in [0.4, 0.5) is 0 Å². The van der Waals surface area contributed by atoms with Gasteiger partial charge in [-0.15, -0.1) is 0 Å². The van der Waals surface area contributed by atoms with E-state index in [0.29, 0.717) is 45.1 Å². The maximum atomic E-state index is 14.7. The number of aliphatic hydroxyl groups is 8. The van der Waals surface area contributed by atoms with Gasteiger partial charge in [0.1, 0.15) is 60.3 Å². The van der Waals surface area contributed by atoms with Crippen LogP contribution in [0.3, 0.4) is 0 Å². The number of ether oxygens (including phenoxy) is 1. The Morgan fingerprint density at radius 3 is 2.06 bits per heavy atom. The van der Waals surface area contributed by atoms with Crippen molar-refractivity contribution >= 4 is 68.4 Å². The number of carbonyl (C=O) groups is 8. The predicted molar refractivity (Wildman–Crippen MR) is 292 cm³/mol. The number of hydrogen-bond acceptors (Lipinski definition) is 22. The van der Waals surface area contributed by atoms with Crippen LogP contribution in [-0.4, -0.2) is 215 Å². The van der Waals surface area contributed by atoms with E-state index in [-0.39, 0.29) is 35.1 Å². The van der Waals surface area contributed by atoms with Gasteiger partial charge in [-0.1, -0.05) is 64.2 Å². The molecule has 3 aromatic rings. The molecule has 3 saturated heterocycles. The van der Waals surface area contributed by atoms with Crippen molar-refractivity contribution in [3.05, 3.63) is 65.7 Å². The second-order valence-corrected chi connectivity index (χ2v) is 22.5. The Labute approximate surface area is 516 Å². The first kappa shape index (κ1) is 70.4. The minimum absolute atomic E-state index is 0. The largest absolute Gasteiger partial charge is 1.00 e. The van der Waals surface area contributed by atoms with Gasteiger partial charge in [-0.05, 0) is 66.1 Å². The van der Waals surface area contributed by atoms with Crippen LogP contribution >= 0.6 is 0 Å². The molecule has 0 unspecified atom stereocenters. The first-order valence-electron chi connectivity index (χ1n) is 27.5. The molecule has 8 amide bonds. The Kier molecular flexibility index (Phi) is 25.4. The smallest absolute Gasteiger partial charge is 0.716 e. The van der Waals surface area contributed by atoms with Crippen molar-refractivity contribution in [3.63, 3.8) is 0 Å². The van der Waals surface area contributed by atoms with Crippen LogP contribution in [0.2, 0.25) is 0 Å². The fourth-order valence-electron chi connectivity index (χ4n) is 10.3. The molecule has 3 aliphatic heterocycles. The molecule has 0 aromatic heterocycles. The van der Waals surface area contributed by atoms with Crippen LogP contribution in [-0.2, 0) is 44.0 Å². The van der Waals surface area contributed by atoms with Gasteiger partial charge in [-0.3, -0.25) is 38.4 Å². The second-order valence-electron chi connectivity index (χ2n) is 21.5. The Balaban J connectivity index is 0.0000135. The number of phenols is 1. The molecule has 0 radical (unpaired) electrons. The van der Waals surface area contributed by atoms with Gasteiger partial charge in [-0.2, -0.15) is 0 Å². The van der Waals surface area contributed by atoms with Crippen LogP contribution in [0.25, 0.3) is 10.8 Å². The zero-order valence-corrected chi connectivity index (χ0v) is 50.4. The molecular formula is C54H73N8NaO22S. The number of aliphatic hydroxyl groups excluding tert-OH is 8. The molecule has 3 aliphatic rings. The van der Waals surface area contributed by atoms with Crippen LogP contribution < -0.4 is 70.8 Å². The summed E-state index contributed by atoms with van der Waals surface area (Å²) in [6.45, 7) is 3.73. The van der Waals surface area contributed by atoms with Gasteiger partial charge in [0.05, 0.1) is 37.4 Å². The molecule has 0 aliphatic carbocycles. The molecule has 0 spiro atoms. The third-order valence-electron chi connectivity index (χ3n) is 14.9. The molecule has 3 heterocycles. The van der Waals surface area contributed by atoms with Gasteiger partial charge < -0.3 is 102 Å². The Hall–Kier alpha value is -6.33. The van der Waals surface area contributed by atoms with Crippen molar-refractivity contribution in [2.24, 2.45) is 11.7 Å². The van der Waals surface area contributed by atoms with Gasteiger partial charge in [-0.25, -0.2) is 8.42 Å². The zero-order chi connectivity index (χ0) is 62.8. The van der Waals surface area contributed by atoms with Gasteiger partial charge in [0.15, 0.2) is 17.7 Å². The molecule has 0 saturated carbocycles. The van der Waals surface area contributed by atoms with E-state index in [1.807, 2.05) is 10.6 Å². The molecule has 3 fully saturated rings. The number of rotatable bonds is 19. The van der Waals surface area contributed by atoms with Crippen molar-refractivity contribution in [2.75, 3.05) is 19.7 Å². The quantitative estimate of drug-likeness (QED) is 0.0229. The number of nitrogens with two attached hydrogens (primary N) is 1. The number of fused-ring (bicyclic) bond motifs is 3. The van der Waals surface area contributed by atoms with Crippen LogP contribution in [0.1, 0.15) is 101 Å². The minimum Gasteiger partial charge on any atom is -0.716 e. The summed E-state index contributed by atoms with van der Waals surface area (Å²) in [6, 6.07) is -1.32. The normalized spacial score (nSPS) is 26.9. The van der Waals surface area contributed by atoms with E-state index in [4.69, 9.17) is 10.5 Å². The van der Waals surface area contributed by atoms with Crippen LogP contribution in [0, 0.1) is 5.92 Å². The standard InChI is InChI=1S/C54H74N8O22S.Na/c1-4-5-6-7-8-9-16-83-32-14-12-27-17-30(11-10-28(27)18-32)47(72)56-33-21-37(67)50(75)60-52(77)43-44(69)25(2)23-62(43)54(79)41(36(66)22-39(55)68)58-51(76)42(46(71)45(70)29-13-15-35(65)38(19-29)84-85(80,81)82)59-49(74)34-20-31(64)24-61(34)53(78)40(26(3)63)57-48(33)73;/h10-15,17-19,25-26,31,33-34,36-37,40-46,50,63-67,69-71,75H,4-9,16,20-24H2,1-3H3,(H2,55,68)(H,56,72)(H,57,73)(H,58,76)(H,59,74)(H,60,77)(H,80,81,82);/q;+1/p-1/t25-,26+,31+,33-,34-,36+,37+,40-,41-,42-,43-,44-,45-,46-,50+;/m0./s1. The topological polar surface area (TPSA) is 487 Å². The molecular weight excluding hydrogens is 1170 g/mol. The molecule has 3 aromatic carbocycles. The van der Waals surface area contributed by atoms with Crippen molar-refractivity contribution in [1.82, 2.24) is 36.4 Å². The number of hydrogen-bond donors (Lipinski definition) is 15. The van der Waals surface area contributed by atoms with E-state index in [1.165, 1.54) is 19.1 Å². The SMILES string of the molecule is CCCCCCCCOc1ccc2cc(C(=O)N[C@H]3C[C@@H](O)[C@@H](O)NC(=O)[C@@H]4[C@@H](O)[C@@H](C)CN4C(=O)[C@H]([C@H](O)CC(N)=O)NC(=O)[C@H]([C@H](O)[C@@H](O)c4ccc(O)c(OS(=O)(=O)[O-])c4)NC(=O)[C@@H]4C[C@@H](O)CN4C(=O)[C@H]([C@@H](C)O)NC3=O)ccc2c1.[Na+]. The summed E-state index contributed by atoms with van der Waals surface area (Å²) in [5.74, 6) is -13.4. The molecule has 16 N–H and O–H groups in total. The average Bonchev–Trinajstić information content (AvgIpc) is 1.82. The summed E-state index contributed by atoms with van der Waals surface area (Å²) < 4.78 is 44.5. The van der Waals surface area contributed by atoms with Crippen molar-refractivity contribution in [3.8, 4) is 17.2 Å². The van der Waals surface area contributed by atoms with Crippen LogP contribution in [0.5, 0.6) is 17.2 Å². The van der Waals surface area contributed by atoms with Crippen LogP contribution in [0.15, 0.2) is 54.6 Å². The number of unbranched alkanes of at least 4 members (excludes halogenated alkanes) is 5. The maximum Gasteiger partial charge on any atom is 1.00 e. The molecule has 32 heteroatoms. The summed E-state index contributed by atoms with van der Waals surface area (Å²) in [5.41, 5.74) is 4.68. The molecule has 86 heavy (non-hydrogen) atoms. The second kappa shape index (κ2) is 31.0. The third kappa shape index (κ3) is 18.1. The molecule has 468 valence electrons. The maximum absolute atomic E-state index is 14.7. The number of nitrogens with one attached hydrogen (secondary N) is 5. The van der Waals surface area contributed by atoms with Gasteiger partial charge >= 0.3 is 29.6 Å². The van der Waals surface area contributed by atoms with E-state index in [0.717, 1.165) is 51.5 Å². The number of benzene rings is 3. The summed E-state index contributed by atoms with van der Waals surface area (Å²) in [6.07, 6.45) is -13.8. The molecule has 15 atom stereocenters. The number of aromatic hydroxyl groups is 1. The fourth-order valence-corrected chi connectivity index (χ4v) is 10.6. The van der Waals surface area contributed by atoms with Crippen molar-refractivity contribution in [2.45, 2.75) is 164 Å². The van der Waals surface area contributed by atoms with E-state index < -0.39 is 198 Å². The summed E-state index contributed by atoms with van der Waals surface area (Å²) >= 11 is 0. The monoisotopic (exact) mass is 1240 g/mol. The number of nitrogens with zero attached hydrogens (tertiary/aromatic N) is 2. The van der Waals surface area contributed by atoms with E-state index in [1.54, 1.807) is 24.3 Å². The minimum atomic E-state index is -5.60. The summed E-state index contributed by atoms with van der Waals surface area (Å²) in [5, 5.41) is 113. The average molecular weight is 1240 g/mol. The molecule has 0 bridgehead atoms. The van der Waals surface area contributed by atoms with Gasteiger partial charge in [0.2, 0.25) is 41.4 Å². The number of carbonyl (C=O) groups excluding carboxylic acids is 8. The van der Waals surface area contributed by atoms with E-state index in [9.17, 15) is 97.3 Å². The first-order chi connectivity index (χ1) is 40.0. The third-order valence-corrected chi connectivity index (χ3v) is 15.3. The Morgan fingerprint density at radius 2 is 1.40 bits per heavy atom. The van der Waals surface area contributed by atoms with E-state index in [2.05, 4.69) is 27.1 Å². The Morgan fingerprint density at radius 1 is 0.767 bits per heavy atom. The van der Waals surface area contributed by atoms with E-state index >= 15 is 0 Å².